The molecule has 1 aliphatic rings. The van der Waals surface area contributed by atoms with Crippen LogP contribution in [-0.2, 0) is 0 Å². The molecule has 28 heavy (non-hydrogen) atoms. The quantitative estimate of drug-likeness (QED) is 0.736. The van der Waals surface area contributed by atoms with Crippen molar-refractivity contribution < 1.29 is 4.79 Å². The highest BCUT2D eigenvalue weighted by molar-refractivity contribution is 5.98. The van der Waals surface area contributed by atoms with Crippen molar-refractivity contribution in [2.75, 3.05) is 31.1 Å². The zero-order chi connectivity index (χ0) is 19.5. The van der Waals surface area contributed by atoms with Crippen molar-refractivity contribution >= 4 is 11.6 Å². The summed E-state index contributed by atoms with van der Waals surface area (Å²) in [5.74, 6) is -0.192. The number of nitrogens with zero attached hydrogens (tertiary/aromatic N) is 3. The molecule has 1 amide bonds. The first-order valence-electron chi connectivity index (χ1n) is 9.08. The van der Waals surface area contributed by atoms with E-state index >= 15 is 0 Å². The third-order valence-corrected chi connectivity index (χ3v) is 4.91. The van der Waals surface area contributed by atoms with E-state index in [0.29, 0.717) is 37.4 Å². The first-order valence-corrected chi connectivity index (χ1v) is 9.08. The minimum absolute atomic E-state index is 0.192. The van der Waals surface area contributed by atoms with E-state index in [0.717, 1.165) is 11.3 Å². The topological polar surface area (TPSA) is 96.0 Å². The van der Waals surface area contributed by atoms with Crippen LogP contribution in [0, 0.1) is 11.3 Å². The number of anilines is 1. The molecule has 2 N–H and O–H groups in total. The smallest absolute Gasteiger partial charge is 0.323 e. The van der Waals surface area contributed by atoms with Crippen LogP contribution in [-0.4, -0.2) is 47.0 Å². The van der Waals surface area contributed by atoms with Crippen molar-refractivity contribution in [3.8, 4) is 17.3 Å². The molecular formula is C21H19N5O2. The van der Waals surface area contributed by atoms with Crippen LogP contribution in [0.2, 0.25) is 0 Å². The summed E-state index contributed by atoms with van der Waals surface area (Å²) in [6, 6.07) is 18.9. The number of rotatable bonds is 3. The van der Waals surface area contributed by atoms with Gasteiger partial charge < -0.3 is 19.8 Å². The van der Waals surface area contributed by atoms with Crippen LogP contribution in [0.4, 0.5) is 5.69 Å². The van der Waals surface area contributed by atoms with Gasteiger partial charge >= 0.3 is 5.69 Å². The molecule has 1 fully saturated rings. The van der Waals surface area contributed by atoms with Crippen molar-refractivity contribution in [3.63, 3.8) is 0 Å². The normalized spacial score (nSPS) is 14.0. The molecule has 0 saturated carbocycles. The molecule has 4 rings (SSSR count). The van der Waals surface area contributed by atoms with Gasteiger partial charge in [-0.2, -0.15) is 5.26 Å². The molecule has 7 nitrogen and oxygen atoms in total. The number of H-pyrrole nitrogens is 2. The first kappa shape index (κ1) is 17.6. The fourth-order valence-electron chi connectivity index (χ4n) is 3.46. The van der Waals surface area contributed by atoms with Crippen LogP contribution in [0.15, 0.2) is 59.4 Å². The number of imidazole rings is 1. The molecule has 7 heteroatoms. The number of hydrogen-bond acceptors (Lipinski definition) is 4. The fourth-order valence-corrected chi connectivity index (χ4v) is 3.46. The zero-order valence-electron chi connectivity index (χ0n) is 15.2. The molecular weight excluding hydrogens is 354 g/mol. The number of aromatic amines is 2. The largest absolute Gasteiger partial charge is 0.368 e. The Hall–Kier alpha value is -3.79. The van der Waals surface area contributed by atoms with Gasteiger partial charge in [-0.05, 0) is 18.2 Å². The van der Waals surface area contributed by atoms with E-state index in [1.165, 1.54) is 0 Å². The summed E-state index contributed by atoms with van der Waals surface area (Å²) in [6.07, 6.45) is 0. The Balaban J connectivity index is 1.51. The van der Waals surface area contributed by atoms with Crippen LogP contribution in [0.5, 0.6) is 0 Å². The summed E-state index contributed by atoms with van der Waals surface area (Å²) < 4.78 is 0. The van der Waals surface area contributed by atoms with E-state index in [-0.39, 0.29) is 11.6 Å². The second-order valence-electron chi connectivity index (χ2n) is 6.64. The average Bonchev–Trinajstić information content (AvgIpc) is 3.15. The van der Waals surface area contributed by atoms with Gasteiger partial charge in [-0.1, -0.05) is 36.4 Å². The lowest BCUT2D eigenvalue weighted by Gasteiger charge is -2.36. The first-order chi connectivity index (χ1) is 13.7. The number of nitriles is 1. The lowest BCUT2D eigenvalue weighted by molar-refractivity contribution is 0.0742. The molecule has 2 heterocycles. The van der Waals surface area contributed by atoms with Crippen LogP contribution in [0.3, 0.4) is 0 Å². The van der Waals surface area contributed by atoms with Crippen LogP contribution in [0.25, 0.3) is 11.3 Å². The SMILES string of the molecule is N#Cc1cccc(N2CCN(C(=O)c3[nH]c(=O)[nH]c3-c3ccccc3)CC2)c1. The molecule has 0 radical (unpaired) electrons. The number of nitrogens with one attached hydrogen (secondary N) is 2. The Kier molecular flexibility index (Phi) is 4.68. The van der Waals surface area contributed by atoms with Crippen molar-refractivity contribution in [2.45, 2.75) is 0 Å². The summed E-state index contributed by atoms with van der Waals surface area (Å²) in [4.78, 5) is 34.2. The maximum atomic E-state index is 13.0. The highest BCUT2D eigenvalue weighted by Crippen LogP contribution is 2.22. The molecule has 0 bridgehead atoms. The minimum atomic E-state index is -0.394. The maximum absolute atomic E-state index is 13.0. The van der Waals surface area contributed by atoms with Gasteiger partial charge in [-0.25, -0.2) is 4.79 Å². The van der Waals surface area contributed by atoms with Gasteiger partial charge in [0.25, 0.3) is 5.91 Å². The molecule has 1 saturated heterocycles. The van der Waals surface area contributed by atoms with Crippen molar-refractivity contribution in [2.24, 2.45) is 0 Å². The van der Waals surface area contributed by atoms with E-state index in [1.807, 2.05) is 48.5 Å². The van der Waals surface area contributed by atoms with Crippen LogP contribution < -0.4 is 10.6 Å². The van der Waals surface area contributed by atoms with Gasteiger partial charge in [0.05, 0.1) is 17.3 Å². The Morgan fingerprint density at radius 2 is 1.71 bits per heavy atom. The zero-order valence-corrected chi connectivity index (χ0v) is 15.2. The molecule has 0 spiro atoms. The Morgan fingerprint density at radius 3 is 2.43 bits per heavy atom. The molecule has 1 aromatic heterocycles. The third-order valence-electron chi connectivity index (χ3n) is 4.91. The van der Waals surface area contributed by atoms with Gasteiger partial charge in [0, 0.05) is 37.4 Å². The van der Waals surface area contributed by atoms with E-state index < -0.39 is 5.69 Å². The standard InChI is InChI=1S/C21H19N5O2/c22-14-15-5-4-8-17(13-15)25-9-11-26(12-10-25)20(27)19-18(23-21(28)24-19)16-6-2-1-3-7-16/h1-8,13H,9-12H2,(H2,23,24,28). The summed E-state index contributed by atoms with van der Waals surface area (Å²) >= 11 is 0. The molecule has 3 aromatic rings. The number of carbonyl (C=O) groups excluding carboxylic acids is 1. The highest BCUT2D eigenvalue weighted by atomic mass is 16.2. The van der Waals surface area contributed by atoms with Crippen molar-refractivity contribution in [1.29, 1.82) is 5.26 Å². The predicted molar refractivity (Wildman–Crippen MR) is 106 cm³/mol. The molecule has 0 atom stereocenters. The van der Waals surface area contributed by atoms with Gasteiger partial charge in [-0.3, -0.25) is 4.79 Å². The second kappa shape index (κ2) is 7.45. The van der Waals surface area contributed by atoms with E-state index in [9.17, 15) is 9.59 Å². The number of benzene rings is 2. The van der Waals surface area contributed by atoms with E-state index in [4.69, 9.17) is 5.26 Å². The lowest BCUT2D eigenvalue weighted by Crippen LogP contribution is -2.49. The number of amides is 1. The number of hydrogen-bond donors (Lipinski definition) is 2. The van der Waals surface area contributed by atoms with E-state index in [2.05, 4.69) is 20.9 Å². The number of carbonyl (C=O) groups is 1. The monoisotopic (exact) mass is 373 g/mol. The summed E-state index contributed by atoms with van der Waals surface area (Å²) in [5, 5.41) is 9.07. The van der Waals surface area contributed by atoms with Crippen molar-refractivity contribution in [3.05, 3.63) is 76.3 Å². The summed E-state index contributed by atoms with van der Waals surface area (Å²) in [5.41, 5.74) is 2.79. The molecule has 1 aliphatic heterocycles. The molecule has 140 valence electrons. The fraction of sp³-hybridized carbons (Fsp3) is 0.190. The van der Waals surface area contributed by atoms with Gasteiger partial charge in [0.2, 0.25) is 0 Å². The average molecular weight is 373 g/mol. The van der Waals surface area contributed by atoms with Gasteiger partial charge in [0.1, 0.15) is 5.69 Å². The second-order valence-corrected chi connectivity index (χ2v) is 6.64. The number of aromatic nitrogens is 2. The van der Waals surface area contributed by atoms with Gasteiger partial charge in [-0.15, -0.1) is 0 Å². The molecule has 2 aromatic carbocycles. The maximum Gasteiger partial charge on any atom is 0.323 e. The van der Waals surface area contributed by atoms with Crippen LogP contribution in [0.1, 0.15) is 16.1 Å². The third kappa shape index (κ3) is 3.40. The highest BCUT2D eigenvalue weighted by Gasteiger charge is 2.26. The molecule has 0 aliphatic carbocycles. The Morgan fingerprint density at radius 1 is 0.964 bits per heavy atom. The Bertz CT molecular complexity index is 1090. The summed E-state index contributed by atoms with van der Waals surface area (Å²) in [6.45, 7) is 2.40. The molecule has 0 unspecified atom stereocenters. The predicted octanol–water partition coefficient (Wildman–Crippen LogP) is 2.20. The lowest BCUT2D eigenvalue weighted by atomic mass is 10.1. The van der Waals surface area contributed by atoms with E-state index in [1.54, 1.807) is 11.0 Å². The Labute approximate surface area is 161 Å². The van der Waals surface area contributed by atoms with Gasteiger partial charge in [0.15, 0.2) is 0 Å². The summed E-state index contributed by atoms with van der Waals surface area (Å²) in [7, 11) is 0. The van der Waals surface area contributed by atoms with Crippen LogP contribution >= 0.6 is 0 Å². The number of piperazine rings is 1. The minimum Gasteiger partial charge on any atom is -0.368 e. The van der Waals surface area contributed by atoms with Crippen molar-refractivity contribution in [1.82, 2.24) is 14.9 Å².